The Labute approximate surface area is 162 Å². The number of hydrogen-bond donors (Lipinski definition) is 0. The van der Waals surface area contributed by atoms with Gasteiger partial charge in [0, 0.05) is 10.9 Å². The fourth-order valence-corrected chi connectivity index (χ4v) is 3.82. The molecule has 0 saturated carbocycles. The molecule has 0 spiro atoms. The van der Waals surface area contributed by atoms with Gasteiger partial charge in [-0.15, -0.1) is 11.3 Å². The van der Waals surface area contributed by atoms with E-state index in [0.29, 0.717) is 20.8 Å². The Morgan fingerprint density at radius 2 is 1.59 bits per heavy atom. The Morgan fingerprint density at radius 1 is 1.00 bits per heavy atom. The Bertz CT molecular complexity index is 1040. The summed E-state index contributed by atoms with van der Waals surface area (Å²) in [7, 11) is 0. The molecule has 2 aromatic carbocycles. The number of imide groups is 1. The highest BCUT2D eigenvalue weighted by Gasteiger charge is 2.38. The van der Waals surface area contributed by atoms with Crippen LogP contribution < -0.4 is 0 Å². The van der Waals surface area contributed by atoms with Gasteiger partial charge in [-0.25, -0.2) is 9.78 Å². The van der Waals surface area contributed by atoms with Crippen molar-refractivity contribution in [2.45, 2.75) is 6.42 Å². The molecule has 0 fully saturated rings. The van der Waals surface area contributed by atoms with Crippen LogP contribution in [0.2, 0.25) is 5.02 Å². The van der Waals surface area contributed by atoms with E-state index < -0.39 is 17.8 Å². The number of nitrogens with zero attached hydrogens (tertiary/aromatic N) is 2. The minimum Gasteiger partial charge on any atom is -0.329 e. The van der Waals surface area contributed by atoms with Gasteiger partial charge in [-0.1, -0.05) is 47.0 Å². The first-order chi connectivity index (χ1) is 13.0. The van der Waals surface area contributed by atoms with Crippen LogP contribution in [0.25, 0.3) is 10.6 Å². The van der Waals surface area contributed by atoms with Crippen LogP contribution in [0.4, 0.5) is 0 Å². The zero-order valence-corrected chi connectivity index (χ0v) is 15.3. The van der Waals surface area contributed by atoms with E-state index in [4.69, 9.17) is 16.4 Å². The zero-order chi connectivity index (χ0) is 19.0. The normalized spacial score (nSPS) is 13.0. The van der Waals surface area contributed by atoms with Crippen molar-refractivity contribution in [3.05, 3.63) is 75.8 Å². The predicted molar refractivity (Wildman–Crippen MR) is 99.3 cm³/mol. The third-order valence-corrected chi connectivity index (χ3v) is 5.19. The van der Waals surface area contributed by atoms with Crippen LogP contribution in [0.5, 0.6) is 0 Å². The fourth-order valence-electron chi connectivity index (χ4n) is 2.68. The lowest BCUT2D eigenvalue weighted by atomic mass is 10.1. The highest BCUT2D eigenvalue weighted by atomic mass is 35.5. The molecule has 0 unspecified atom stereocenters. The number of rotatable bonds is 4. The zero-order valence-electron chi connectivity index (χ0n) is 13.7. The molecule has 0 atom stereocenters. The largest absolute Gasteiger partial charge is 0.339 e. The summed E-state index contributed by atoms with van der Waals surface area (Å²) in [6, 6.07) is 13.6. The van der Waals surface area contributed by atoms with Gasteiger partial charge in [-0.2, -0.15) is 0 Å². The Balaban J connectivity index is 1.46. The molecule has 134 valence electrons. The Morgan fingerprint density at radius 3 is 2.22 bits per heavy atom. The van der Waals surface area contributed by atoms with E-state index in [1.54, 1.807) is 23.6 Å². The second kappa shape index (κ2) is 6.94. The summed E-state index contributed by atoms with van der Waals surface area (Å²) in [6.07, 6.45) is -0.172. The standard InChI is InChI=1S/C19H11ClN2O4S/c20-15-8-4-3-7-14(15)17-21-11(10-27-17)9-16(23)26-22-18(24)12-5-1-2-6-13(12)19(22)25/h1-8,10H,9H2. The molecule has 1 aromatic heterocycles. The van der Waals surface area contributed by atoms with Crippen molar-refractivity contribution in [1.29, 1.82) is 0 Å². The van der Waals surface area contributed by atoms with Crippen molar-refractivity contribution in [3.8, 4) is 10.6 Å². The van der Waals surface area contributed by atoms with Crippen molar-refractivity contribution >= 4 is 40.7 Å². The molecule has 3 aromatic rings. The van der Waals surface area contributed by atoms with Crippen LogP contribution in [0, 0.1) is 0 Å². The molecular weight excluding hydrogens is 388 g/mol. The third kappa shape index (κ3) is 3.22. The predicted octanol–water partition coefficient (Wildman–Crippen LogP) is 3.76. The topological polar surface area (TPSA) is 76.6 Å². The lowest BCUT2D eigenvalue weighted by molar-refractivity contribution is -0.167. The van der Waals surface area contributed by atoms with Gasteiger partial charge in [-0.05, 0) is 18.2 Å². The number of benzene rings is 2. The highest BCUT2D eigenvalue weighted by molar-refractivity contribution is 7.13. The molecular formula is C19H11ClN2O4S. The van der Waals surface area contributed by atoms with Crippen LogP contribution in [-0.4, -0.2) is 27.8 Å². The van der Waals surface area contributed by atoms with E-state index >= 15 is 0 Å². The van der Waals surface area contributed by atoms with Crippen molar-refractivity contribution in [1.82, 2.24) is 10.0 Å². The van der Waals surface area contributed by atoms with E-state index in [2.05, 4.69) is 4.98 Å². The lowest BCUT2D eigenvalue weighted by Crippen LogP contribution is -2.33. The average molecular weight is 399 g/mol. The van der Waals surface area contributed by atoms with Gasteiger partial charge < -0.3 is 4.84 Å². The van der Waals surface area contributed by atoms with Gasteiger partial charge in [-0.3, -0.25) is 9.59 Å². The van der Waals surface area contributed by atoms with Crippen molar-refractivity contribution in [3.63, 3.8) is 0 Å². The van der Waals surface area contributed by atoms with Crippen LogP contribution in [0.1, 0.15) is 26.4 Å². The molecule has 4 rings (SSSR count). The summed E-state index contributed by atoms with van der Waals surface area (Å²) in [6.45, 7) is 0. The molecule has 0 N–H and O–H groups in total. The quantitative estimate of drug-likeness (QED) is 0.625. The number of aromatic nitrogens is 1. The first kappa shape index (κ1) is 17.4. The molecule has 8 heteroatoms. The van der Waals surface area contributed by atoms with Gasteiger partial charge in [0.05, 0.1) is 28.3 Å². The molecule has 0 bridgehead atoms. The summed E-state index contributed by atoms with van der Waals surface area (Å²) in [5, 5.41) is 3.44. The van der Waals surface area contributed by atoms with Gasteiger partial charge in [0.1, 0.15) is 5.01 Å². The van der Waals surface area contributed by atoms with Crippen LogP contribution in [0.15, 0.2) is 53.9 Å². The summed E-state index contributed by atoms with van der Waals surface area (Å²) in [5.41, 5.74) is 1.66. The van der Waals surface area contributed by atoms with E-state index in [1.165, 1.54) is 23.5 Å². The Kier molecular flexibility index (Phi) is 4.47. The van der Waals surface area contributed by atoms with Crippen molar-refractivity contribution < 1.29 is 19.2 Å². The number of fused-ring (bicyclic) bond motifs is 1. The first-order valence-electron chi connectivity index (χ1n) is 7.92. The summed E-state index contributed by atoms with van der Waals surface area (Å²) < 4.78 is 0. The molecule has 6 nitrogen and oxygen atoms in total. The minimum absolute atomic E-state index is 0.172. The number of halogens is 1. The van der Waals surface area contributed by atoms with E-state index in [1.807, 2.05) is 18.2 Å². The third-order valence-electron chi connectivity index (χ3n) is 3.93. The number of carbonyl (C=O) groups is 3. The molecule has 1 aliphatic heterocycles. The number of thiazole rings is 1. The maximum atomic E-state index is 12.2. The molecule has 0 saturated heterocycles. The molecule has 2 heterocycles. The van der Waals surface area contributed by atoms with Gasteiger partial charge in [0.15, 0.2) is 0 Å². The van der Waals surface area contributed by atoms with Crippen LogP contribution >= 0.6 is 22.9 Å². The van der Waals surface area contributed by atoms with Crippen molar-refractivity contribution in [2.24, 2.45) is 0 Å². The van der Waals surface area contributed by atoms with E-state index in [-0.39, 0.29) is 17.5 Å². The number of amides is 2. The second-order valence-corrected chi connectivity index (χ2v) is 6.98. The number of hydroxylamine groups is 2. The van der Waals surface area contributed by atoms with Crippen LogP contribution in [0.3, 0.4) is 0 Å². The van der Waals surface area contributed by atoms with Gasteiger partial charge >= 0.3 is 5.97 Å². The Hall–Kier alpha value is -3.03. The van der Waals surface area contributed by atoms with Crippen molar-refractivity contribution in [2.75, 3.05) is 0 Å². The summed E-state index contributed by atoms with van der Waals surface area (Å²) >= 11 is 7.50. The summed E-state index contributed by atoms with van der Waals surface area (Å²) in [5.74, 6) is -2.06. The molecule has 0 aliphatic carbocycles. The highest BCUT2D eigenvalue weighted by Crippen LogP contribution is 2.30. The second-order valence-electron chi connectivity index (χ2n) is 5.71. The van der Waals surface area contributed by atoms with Gasteiger partial charge in [0.2, 0.25) is 0 Å². The van der Waals surface area contributed by atoms with Gasteiger partial charge in [0.25, 0.3) is 11.8 Å². The smallest absolute Gasteiger partial charge is 0.329 e. The molecule has 0 radical (unpaired) electrons. The maximum Gasteiger partial charge on any atom is 0.339 e. The number of carbonyl (C=O) groups excluding carboxylic acids is 3. The average Bonchev–Trinajstić information content (AvgIpc) is 3.21. The molecule has 27 heavy (non-hydrogen) atoms. The number of hydrogen-bond acceptors (Lipinski definition) is 6. The fraction of sp³-hybridized carbons (Fsp3) is 0.0526. The SMILES string of the molecule is O=C(Cc1csc(-c2ccccc2Cl)n1)ON1C(=O)c2ccccc2C1=O. The minimum atomic E-state index is -0.750. The van der Waals surface area contributed by atoms with E-state index in [0.717, 1.165) is 5.56 Å². The maximum absolute atomic E-state index is 12.2. The monoisotopic (exact) mass is 398 g/mol. The molecule has 1 aliphatic rings. The lowest BCUT2D eigenvalue weighted by Gasteiger charge is -2.12. The van der Waals surface area contributed by atoms with Crippen LogP contribution in [-0.2, 0) is 16.1 Å². The summed E-state index contributed by atoms with van der Waals surface area (Å²) in [4.78, 5) is 46.0. The molecule has 2 amide bonds. The van der Waals surface area contributed by atoms with E-state index in [9.17, 15) is 14.4 Å². The first-order valence-corrected chi connectivity index (χ1v) is 9.18.